The smallest absolute Gasteiger partial charge is 0.228 e. The summed E-state index contributed by atoms with van der Waals surface area (Å²) in [7, 11) is 1.49. The van der Waals surface area contributed by atoms with Gasteiger partial charge in [0.2, 0.25) is 5.91 Å². The average Bonchev–Trinajstić information content (AvgIpc) is 2.58. The van der Waals surface area contributed by atoms with E-state index in [4.69, 9.17) is 4.74 Å². The Morgan fingerprint density at radius 2 is 2.31 bits per heavy atom. The summed E-state index contributed by atoms with van der Waals surface area (Å²) in [4.78, 5) is 13.2. The van der Waals surface area contributed by atoms with Crippen molar-refractivity contribution >= 4 is 24.2 Å². The van der Waals surface area contributed by atoms with Crippen molar-refractivity contribution in [3.8, 4) is 11.5 Å². The molecule has 0 aliphatic carbocycles. The summed E-state index contributed by atoms with van der Waals surface area (Å²) in [5.74, 6) is 0.470. The van der Waals surface area contributed by atoms with Crippen molar-refractivity contribution in [2.75, 3.05) is 18.6 Å². The molecule has 2 rings (SSSR count). The molecule has 0 spiro atoms. The van der Waals surface area contributed by atoms with Crippen LogP contribution in [0, 0.1) is 0 Å². The highest BCUT2D eigenvalue weighted by atomic mass is 32.1. The first-order valence-corrected chi connectivity index (χ1v) is 5.49. The van der Waals surface area contributed by atoms with Gasteiger partial charge in [-0.3, -0.25) is 4.79 Å². The second-order valence-corrected chi connectivity index (χ2v) is 4.45. The van der Waals surface area contributed by atoms with Crippen molar-refractivity contribution in [3.05, 3.63) is 18.2 Å². The molecule has 86 valence electrons. The maximum atomic E-state index is 11.6. The molecule has 1 N–H and O–H groups in total. The minimum absolute atomic E-state index is 0.0320. The van der Waals surface area contributed by atoms with Crippen LogP contribution in [0.25, 0.3) is 0 Å². The number of carbonyl (C=O) groups is 1. The fraction of sp³-hybridized carbons (Fsp3) is 0.364. The molecule has 0 bridgehead atoms. The average molecular weight is 239 g/mol. The molecule has 0 aromatic heterocycles. The van der Waals surface area contributed by atoms with Gasteiger partial charge in [0, 0.05) is 30.0 Å². The molecule has 5 heteroatoms. The van der Waals surface area contributed by atoms with Crippen LogP contribution >= 0.6 is 12.6 Å². The molecule has 1 atom stereocenters. The molecule has 1 fully saturated rings. The predicted octanol–water partition coefficient (Wildman–Crippen LogP) is 1.44. The first-order valence-electron chi connectivity index (χ1n) is 4.97. The molecule has 1 heterocycles. The van der Waals surface area contributed by atoms with Gasteiger partial charge in [0.15, 0.2) is 11.5 Å². The van der Waals surface area contributed by atoms with E-state index in [1.165, 1.54) is 13.2 Å². The number of thiol groups is 1. The minimum atomic E-state index is 0.0320. The largest absolute Gasteiger partial charge is 0.504 e. The standard InChI is InChI=1S/C11H13NO3S/c1-15-10-3-2-7(4-9(10)13)12-6-8(16)5-11(12)14/h2-4,8,13,16H,5-6H2,1H3. The highest BCUT2D eigenvalue weighted by Crippen LogP contribution is 2.32. The maximum absolute atomic E-state index is 11.6. The van der Waals surface area contributed by atoms with Crippen molar-refractivity contribution in [3.63, 3.8) is 0 Å². The SMILES string of the molecule is COc1ccc(N2CC(S)CC2=O)cc1O. The number of aromatic hydroxyl groups is 1. The maximum Gasteiger partial charge on any atom is 0.228 e. The topological polar surface area (TPSA) is 49.8 Å². The van der Waals surface area contributed by atoms with Gasteiger partial charge in [0.05, 0.1) is 7.11 Å². The number of phenolic OH excluding ortho intramolecular Hbond substituents is 1. The summed E-state index contributed by atoms with van der Waals surface area (Å²) in [6, 6.07) is 4.93. The van der Waals surface area contributed by atoms with Gasteiger partial charge in [0.25, 0.3) is 0 Å². The Morgan fingerprint density at radius 1 is 1.56 bits per heavy atom. The molecular formula is C11H13NO3S. The molecule has 4 nitrogen and oxygen atoms in total. The van der Waals surface area contributed by atoms with Crippen molar-refractivity contribution in [1.29, 1.82) is 0 Å². The van der Waals surface area contributed by atoms with Crippen LogP contribution in [0.2, 0.25) is 0 Å². The summed E-state index contributed by atoms with van der Waals surface area (Å²) >= 11 is 4.28. The van der Waals surface area contributed by atoms with Crippen molar-refractivity contribution in [2.24, 2.45) is 0 Å². The highest BCUT2D eigenvalue weighted by Gasteiger charge is 2.28. The third-order valence-corrected chi connectivity index (χ3v) is 2.92. The molecule has 16 heavy (non-hydrogen) atoms. The number of benzene rings is 1. The Morgan fingerprint density at radius 3 is 2.81 bits per heavy atom. The summed E-state index contributed by atoms with van der Waals surface area (Å²) < 4.78 is 4.94. The summed E-state index contributed by atoms with van der Waals surface area (Å²) in [5, 5.41) is 9.69. The van der Waals surface area contributed by atoms with E-state index in [1.807, 2.05) is 0 Å². The van der Waals surface area contributed by atoms with Gasteiger partial charge in [-0.05, 0) is 12.1 Å². The van der Waals surface area contributed by atoms with Gasteiger partial charge in [-0.15, -0.1) is 0 Å². The number of hydrogen-bond donors (Lipinski definition) is 2. The van der Waals surface area contributed by atoms with E-state index in [0.29, 0.717) is 24.4 Å². The second-order valence-electron chi connectivity index (χ2n) is 3.72. The van der Waals surface area contributed by atoms with Gasteiger partial charge in [-0.25, -0.2) is 0 Å². The van der Waals surface area contributed by atoms with E-state index in [1.54, 1.807) is 17.0 Å². The lowest BCUT2D eigenvalue weighted by atomic mass is 10.2. The van der Waals surface area contributed by atoms with E-state index in [9.17, 15) is 9.90 Å². The molecular weight excluding hydrogens is 226 g/mol. The van der Waals surface area contributed by atoms with E-state index in [2.05, 4.69) is 12.6 Å². The fourth-order valence-corrected chi connectivity index (χ4v) is 2.10. The number of amides is 1. The van der Waals surface area contributed by atoms with Crippen LogP contribution < -0.4 is 9.64 Å². The lowest BCUT2D eigenvalue weighted by Gasteiger charge is -2.16. The number of methoxy groups -OCH3 is 1. The van der Waals surface area contributed by atoms with Gasteiger partial charge >= 0.3 is 0 Å². The number of nitrogens with zero attached hydrogens (tertiary/aromatic N) is 1. The third kappa shape index (κ3) is 1.95. The van der Waals surface area contributed by atoms with Gasteiger partial charge in [-0.1, -0.05) is 0 Å². The number of ether oxygens (including phenoxy) is 1. The molecule has 1 aliphatic heterocycles. The fourth-order valence-electron chi connectivity index (χ4n) is 1.78. The zero-order valence-corrected chi connectivity index (χ0v) is 9.78. The Labute approximate surface area is 99.2 Å². The molecule has 1 unspecified atom stereocenters. The van der Waals surface area contributed by atoms with Crippen LogP contribution in [0.5, 0.6) is 11.5 Å². The monoisotopic (exact) mass is 239 g/mol. The second kappa shape index (κ2) is 4.25. The Balaban J connectivity index is 2.28. The van der Waals surface area contributed by atoms with Crippen molar-refractivity contribution < 1.29 is 14.6 Å². The molecule has 1 aliphatic rings. The zero-order chi connectivity index (χ0) is 11.7. The van der Waals surface area contributed by atoms with Crippen LogP contribution in [-0.2, 0) is 4.79 Å². The van der Waals surface area contributed by atoms with Crippen LogP contribution in [0.1, 0.15) is 6.42 Å². The predicted molar refractivity (Wildman–Crippen MR) is 64.4 cm³/mol. The van der Waals surface area contributed by atoms with Crippen LogP contribution in [0.15, 0.2) is 18.2 Å². The molecule has 0 radical (unpaired) electrons. The van der Waals surface area contributed by atoms with Gasteiger partial charge in [-0.2, -0.15) is 12.6 Å². The normalized spacial score (nSPS) is 20.2. The molecule has 1 aromatic rings. The van der Waals surface area contributed by atoms with E-state index >= 15 is 0 Å². The van der Waals surface area contributed by atoms with Gasteiger partial charge < -0.3 is 14.7 Å². The molecule has 0 saturated carbocycles. The summed E-state index contributed by atoms with van der Waals surface area (Å²) in [5.41, 5.74) is 0.680. The highest BCUT2D eigenvalue weighted by molar-refractivity contribution is 7.81. The van der Waals surface area contributed by atoms with E-state index < -0.39 is 0 Å². The van der Waals surface area contributed by atoms with Crippen LogP contribution in [0.4, 0.5) is 5.69 Å². The Kier molecular flexibility index (Phi) is 2.96. The lowest BCUT2D eigenvalue weighted by molar-refractivity contribution is -0.117. The molecule has 1 saturated heterocycles. The molecule has 1 amide bonds. The summed E-state index contributed by atoms with van der Waals surface area (Å²) in [6.07, 6.45) is 0.440. The zero-order valence-electron chi connectivity index (χ0n) is 8.88. The Bertz CT molecular complexity index is 422. The first kappa shape index (κ1) is 11.1. The van der Waals surface area contributed by atoms with Gasteiger partial charge in [0.1, 0.15) is 0 Å². The Hall–Kier alpha value is -1.36. The van der Waals surface area contributed by atoms with Crippen LogP contribution in [-0.4, -0.2) is 29.9 Å². The number of phenols is 1. The van der Waals surface area contributed by atoms with E-state index in [-0.39, 0.29) is 16.9 Å². The first-order chi connectivity index (χ1) is 7.61. The van der Waals surface area contributed by atoms with Crippen molar-refractivity contribution in [2.45, 2.75) is 11.7 Å². The van der Waals surface area contributed by atoms with Crippen molar-refractivity contribution in [1.82, 2.24) is 0 Å². The number of rotatable bonds is 2. The quantitative estimate of drug-likeness (QED) is 0.768. The van der Waals surface area contributed by atoms with E-state index in [0.717, 1.165) is 0 Å². The number of carbonyl (C=O) groups excluding carboxylic acids is 1. The molecule has 1 aromatic carbocycles. The lowest BCUT2D eigenvalue weighted by Crippen LogP contribution is -2.24. The third-order valence-electron chi connectivity index (χ3n) is 2.58. The number of hydrogen-bond acceptors (Lipinski definition) is 4. The number of anilines is 1. The van der Waals surface area contributed by atoms with Crippen LogP contribution in [0.3, 0.4) is 0 Å². The minimum Gasteiger partial charge on any atom is -0.504 e. The summed E-state index contributed by atoms with van der Waals surface area (Å²) in [6.45, 7) is 0.577.